The number of unbranched alkanes of at least 4 members (excludes halogenated alkanes) is 1. The van der Waals surface area contributed by atoms with Crippen molar-refractivity contribution in [3.05, 3.63) is 62.6 Å². The molecule has 0 aliphatic carbocycles. The van der Waals surface area contributed by atoms with Crippen LogP contribution in [0.5, 0.6) is 0 Å². The van der Waals surface area contributed by atoms with Crippen molar-refractivity contribution in [2.75, 3.05) is 0 Å². The van der Waals surface area contributed by atoms with Crippen LogP contribution >= 0.6 is 34.5 Å². The number of benzene rings is 1. The molecule has 2 heterocycles. The van der Waals surface area contributed by atoms with Gasteiger partial charge in [-0.1, -0.05) is 49.5 Å². The summed E-state index contributed by atoms with van der Waals surface area (Å²) in [4.78, 5) is 14.3. The summed E-state index contributed by atoms with van der Waals surface area (Å²) in [6.07, 6.45) is 7.87. The van der Waals surface area contributed by atoms with Gasteiger partial charge < -0.3 is 5.32 Å². The number of halogens is 2. The van der Waals surface area contributed by atoms with Crippen LogP contribution in [0.25, 0.3) is 22.3 Å². The maximum atomic E-state index is 12.0. The first-order chi connectivity index (χ1) is 14.9. The molecule has 31 heavy (non-hydrogen) atoms. The predicted octanol–water partition coefficient (Wildman–Crippen LogP) is 7.45. The molecule has 0 aliphatic heterocycles. The highest BCUT2D eigenvalue weighted by Crippen LogP contribution is 2.36. The van der Waals surface area contributed by atoms with Gasteiger partial charge in [-0.15, -0.1) is 11.3 Å². The van der Waals surface area contributed by atoms with Gasteiger partial charge in [-0.2, -0.15) is 5.10 Å². The third-order valence-electron chi connectivity index (χ3n) is 4.89. The molecule has 0 aliphatic rings. The van der Waals surface area contributed by atoms with E-state index in [2.05, 4.69) is 36.5 Å². The SMILES string of the molecule is CCC/C=C/c1ccc(-c2c(C)c(CNC(=O)CCC)nn2-c2ccc(Cl)cc2Cl)s1. The molecule has 0 radical (unpaired) electrons. The number of nitrogens with one attached hydrogen (secondary N) is 1. The van der Waals surface area contributed by atoms with Gasteiger partial charge in [-0.05, 0) is 56.2 Å². The summed E-state index contributed by atoms with van der Waals surface area (Å²) in [7, 11) is 0. The van der Waals surface area contributed by atoms with Crippen LogP contribution in [0.2, 0.25) is 10.0 Å². The molecule has 3 aromatic rings. The Morgan fingerprint density at radius 1 is 1.19 bits per heavy atom. The summed E-state index contributed by atoms with van der Waals surface area (Å²) >= 11 is 14.3. The smallest absolute Gasteiger partial charge is 0.220 e. The lowest BCUT2D eigenvalue weighted by atomic mass is 10.1. The Balaban J connectivity index is 2.04. The van der Waals surface area contributed by atoms with Crippen LogP contribution in [0.1, 0.15) is 55.7 Å². The Morgan fingerprint density at radius 3 is 2.71 bits per heavy atom. The largest absolute Gasteiger partial charge is 0.350 e. The summed E-state index contributed by atoms with van der Waals surface area (Å²) in [6.45, 7) is 6.58. The van der Waals surface area contributed by atoms with Gasteiger partial charge in [0.05, 0.1) is 33.5 Å². The second-order valence-electron chi connectivity index (χ2n) is 7.35. The minimum absolute atomic E-state index is 0.0296. The number of amides is 1. The minimum Gasteiger partial charge on any atom is -0.350 e. The Kier molecular flexibility index (Phi) is 8.35. The molecule has 164 valence electrons. The Labute approximate surface area is 197 Å². The molecule has 0 unspecified atom stereocenters. The van der Waals surface area contributed by atoms with E-state index in [-0.39, 0.29) is 5.91 Å². The second-order valence-corrected chi connectivity index (χ2v) is 9.31. The molecule has 0 fully saturated rings. The van der Waals surface area contributed by atoms with Gasteiger partial charge >= 0.3 is 0 Å². The van der Waals surface area contributed by atoms with Gasteiger partial charge in [-0.25, -0.2) is 4.68 Å². The zero-order valence-electron chi connectivity index (χ0n) is 18.0. The number of hydrogen-bond acceptors (Lipinski definition) is 3. The van der Waals surface area contributed by atoms with Crippen molar-refractivity contribution in [2.24, 2.45) is 0 Å². The van der Waals surface area contributed by atoms with Crippen molar-refractivity contribution < 1.29 is 4.79 Å². The first-order valence-electron chi connectivity index (χ1n) is 10.5. The highest BCUT2D eigenvalue weighted by atomic mass is 35.5. The van der Waals surface area contributed by atoms with Crippen molar-refractivity contribution in [1.82, 2.24) is 15.1 Å². The average Bonchev–Trinajstić information content (AvgIpc) is 3.31. The summed E-state index contributed by atoms with van der Waals surface area (Å²) < 4.78 is 1.86. The summed E-state index contributed by atoms with van der Waals surface area (Å²) in [5, 5.41) is 8.90. The maximum Gasteiger partial charge on any atom is 0.220 e. The van der Waals surface area contributed by atoms with Gasteiger partial charge in [0.2, 0.25) is 5.91 Å². The monoisotopic (exact) mass is 475 g/mol. The summed E-state index contributed by atoms with van der Waals surface area (Å²) in [5.41, 5.74) is 3.58. The van der Waals surface area contributed by atoms with E-state index in [0.29, 0.717) is 23.0 Å². The highest BCUT2D eigenvalue weighted by molar-refractivity contribution is 7.16. The van der Waals surface area contributed by atoms with Crippen molar-refractivity contribution in [2.45, 2.75) is 53.0 Å². The van der Waals surface area contributed by atoms with E-state index in [1.54, 1.807) is 23.5 Å². The number of allylic oxidation sites excluding steroid dienone is 1. The number of hydrogen-bond donors (Lipinski definition) is 1. The first kappa shape index (κ1) is 23.6. The quantitative estimate of drug-likeness (QED) is 0.349. The van der Waals surface area contributed by atoms with Crippen LogP contribution in [-0.4, -0.2) is 15.7 Å². The molecule has 7 heteroatoms. The van der Waals surface area contributed by atoms with Gasteiger partial charge in [-0.3, -0.25) is 4.79 Å². The Morgan fingerprint density at radius 2 is 2.00 bits per heavy atom. The third kappa shape index (κ3) is 5.79. The van der Waals surface area contributed by atoms with Crippen LogP contribution in [0.3, 0.4) is 0 Å². The maximum absolute atomic E-state index is 12.0. The molecule has 0 saturated heterocycles. The van der Waals surface area contributed by atoms with Gasteiger partial charge in [0.25, 0.3) is 0 Å². The van der Waals surface area contributed by atoms with Gasteiger partial charge in [0.15, 0.2) is 0 Å². The zero-order chi connectivity index (χ0) is 22.4. The number of carbonyl (C=O) groups is 1. The van der Waals surface area contributed by atoms with Crippen molar-refractivity contribution >= 4 is 46.5 Å². The molecular formula is C24H27Cl2N3OS. The number of thiophene rings is 1. The lowest BCUT2D eigenvalue weighted by Crippen LogP contribution is -2.22. The van der Waals surface area contributed by atoms with E-state index in [1.165, 1.54) is 4.88 Å². The molecule has 3 rings (SSSR count). The van der Waals surface area contributed by atoms with Crippen LogP contribution in [-0.2, 0) is 11.3 Å². The number of carbonyl (C=O) groups excluding carboxylic acids is 1. The molecule has 0 atom stereocenters. The first-order valence-corrected chi connectivity index (χ1v) is 12.1. The highest BCUT2D eigenvalue weighted by Gasteiger charge is 2.20. The van der Waals surface area contributed by atoms with Crippen LogP contribution in [0, 0.1) is 6.92 Å². The molecule has 2 aromatic heterocycles. The fourth-order valence-corrected chi connectivity index (χ4v) is 4.77. The van der Waals surface area contributed by atoms with Crippen molar-refractivity contribution in [3.63, 3.8) is 0 Å². The average molecular weight is 476 g/mol. The molecule has 0 spiro atoms. The molecule has 4 nitrogen and oxygen atoms in total. The van der Waals surface area contributed by atoms with Gasteiger partial charge in [0.1, 0.15) is 0 Å². The fraction of sp³-hybridized carbons (Fsp3) is 0.333. The van der Waals surface area contributed by atoms with Gasteiger partial charge in [0, 0.05) is 21.9 Å². The van der Waals surface area contributed by atoms with Crippen molar-refractivity contribution in [3.8, 4) is 16.3 Å². The third-order valence-corrected chi connectivity index (χ3v) is 6.48. The molecule has 1 aromatic carbocycles. The van der Waals surface area contributed by atoms with E-state index in [0.717, 1.165) is 46.8 Å². The number of nitrogens with zero attached hydrogens (tertiary/aromatic N) is 2. The van der Waals surface area contributed by atoms with E-state index in [9.17, 15) is 4.79 Å². The van der Waals surface area contributed by atoms with Crippen LogP contribution in [0.15, 0.2) is 36.4 Å². The summed E-state index contributed by atoms with van der Waals surface area (Å²) in [5.74, 6) is 0.0296. The lowest BCUT2D eigenvalue weighted by Gasteiger charge is -2.09. The fourth-order valence-electron chi connectivity index (χ4n) is 3.26. The molecule has 0 bridgehead atoms. The number of rotatable bonds is 9. The standard InChI is InChI=1S/C24H27Cl2N3OS/c1-4-6-7-9-18-11-13-22(31-18)24-16(3)20(15-27-23(30)8-5-2)28-29(24)21-12-10-17(25)14-19(21)26/h7,9-14H,4-6,8,15H2,1-3H3,(H,27,30)/b9-7+. The summed E-state index contributed by atoms with van der Waals surface area (Å²) in [6, 6.07) is 9.62. The van der Waals surface area contributed by atoms with E-state index in [1.807, 2.05) is 24.6 Å². The Hall–Kier alpha value is -2.08. The normalized spacial score (nSPS) is 11.4. The van der Waals surface area contributed by atoms with Crippen LogP contribution in [0.4, 0.5) is 0 Å². The van der Waals surface area contributed by atoms with E-state index < -0.39 is 0 Å². The minimum atomic E-state index is 0.0296. The van der Waals surface area contributed by atoms with E-state index >= 15 is 0 Å². The van der Waals surface area contributed by atoms with E-state index in [4.69, 9.17) is 28.3 Å². The molecule has 1 N–H and O–H groups in total. The number of aromatic nitrogens is 2. The topological polar surface area (TPSA) is 46.9 Å². The molecular weight excluding hydrogens is 449 g/mol. The lowest BCUT2D eigenvalue weighted by molar-refractivity contribution is -0.121. The predicted molar refractivity (Wildman–Crippen MR) is 132 cm³/mol. The Bertz CT molecular complexity index is 1080. The molecule has 0 saturated carbocycles. The van der Waals surface area contributed by atoms with Crippen molar-refractivity contribution in [1.29, 1.82) is 0 Å². The molecule has 1 amide bonds. The second kappa shape index (κ2) is 11.0. The van der Waals surface area contributed by atoms with Crippen LogP contribution < -0.4 is 5.32 Å². The zero-order valence-corrected chi connectivity index (χ0v) is 20.4.